The zero-order valence-electron chi connectivity index (χ0n) is 14.9. The first-order valence-corrected chi connectivity index (χ1v) is 8.47. The number of benzene rings is 1. The lowest BCUT2D eigenvalue weighted by Crippen LogP contribution is -2.31. The number of methoxy groups -OCH3 is 1. The molecule has 0 aromatic heterocycles. The largest absolute Gasteiger partial charge is 0.493 e. The molecule has 0 bridgehead atoms. The molecule has 24 heavy (non-hydrogen) atoms. The van der Waals surface area contributed by atoms with E-state index in [1.165, 1.54) is 6.08 Å². The molecule has 1 aliphatic rings. The van der Waals surface area contributed by atoms with Gasteiger partial charge in [-0.3, -0.25) is 4.79 Å². The van der Waals surface area contributed by atoms with Crippen LogP contribution in [0.1, 0.15) is 38.3 Å². The molecule has 5 heteroatoms. The molecule has 0 fully saturated rings. The van der Waals surface area contributed by atoms with E-state index in [1.807, 2.05) is 32.9 Å². The number of hydrogen-bond acceptors (Lipinski definition) is 4. The maximum atomic E-state index is 12.0. The van der Waals surface area contributed by atoms with Crippen LogP contribution in [0, 0.1) is 0 Å². The van der Waals surface area contributed by atoms with Crippen molar-refractivity contribution in [3.63, 3.8) is 0 Å². The van der Waals surface area contributed by atoms with Crippen molar-refractivity contribution >= 4 is 12.0 Å². The van der Waals surface area contributed by atoms with Gasteiger partial charge in [-0.25, -0.2) is 0 Å². The Morgan fingerprint density at radius 1 is 1.50 bits per heavy atom. The minimum atomic E-state index is -0.129. The van der Waals surface area contributed by atoms with Crippen molar-refractivity contribution in [3.05, 3.63) is 29.3 Å². The number of carbonyl (C=O) groups excluding carboxylic acids is 1. The monoisotopic (exact) mass is 333 g/mol. The lowest BCUT2D eigenvalue weighted by Gasteiger charge is -2.12. The molecule has 1 aromatic carbocycles. The molecule has 5 nitrogen and oxygen atoms in total. The lowest BCUT2D eigenvalue weighted by molar-refractivity contribution is -0.117. The fraction of sp³-hybridized carbons (Fsp3) is 0.526. The van der Waals surface area contributed by atoms with Crippen molar-refractivity contribution in [3.8, 4) is 11.5 Å². The number of rotatable bonds is 8. The maximum absolute atomic E-state index is 12.0. The third-order valence-electron chi connectivity index (χ3n) is 3.89. The second-order valence-corrected chi connectivity index (χ2v) is 6.09. The summed E-state index contributed by atoms with van der Waals surface area (Å²) in [5, 5.41) is 2.92. The van der Waals surface area contributed by atoms with Gasteiger partial charge >= 0.3 is 0 Å². The van der Waals surface area contributed by atoms with Gasteiger partial charge in [-0.2, -0.15) is 0 Å². The van der Waals surface area contributed by atoms with E-state index in [0.29, 0.717) is 13.2 Å². The molecular formula is C19H27NO4. The van der Waals surface area contributed by atoms with E-state index in [1.54, 1.807) is 13.2 Å². The van der Waals surface area contributed by atoms with Gasteiger partial charge < -0.3 is 19.5 Å². The van der Waals surface area contributed by atoms with Gasteiger partial charge in [0, 0.05) is 43.4 Å². The van der Waals surface area contributed by atoms with Crippen LogP contribution in [-0.4, -0.2) is 38.4 Å². The van der Waals surface area contributed by atoms with Gasteiger partial charge in [0.25, 0.3) is 0 Å². The third-order valence-corrected chi connectivity index (χ3v) is 3.89. The molecule has 2 rings (SSSR count). The number of amides is 1. The van der Waals surface area contributed by atoms with Crippen LogP contribution in [0.25, 0.3) is 6.08 Å². The number of hydrogen-bond donors (Lipinski definition) is 1. The van der Waals surface area contributed by atoms with Gasteiger partial charge in [-0.15, -0.1) is 0 Å². The Hall–Kier alpha value is -2.01. The van der Waals surface area contributed by atoms with E-state index < -0.39 is 0 Å². The molecule has 1 aromatic rings. The average molecular weight is 333 g/mol. The van der Waals surface area contributed by atoms with E-state index in [9.17, 15) is 4.79 Å². The molecule has 2 unspecified atom stereocenters. The molecule has 132 valence electrons. The first-order valence-electron chi connectivity index (χ1n) is 8.47. The Kier molecular flexibility index (Phi) is 6.67. The van der Waals surface area contributed by atoms with Crippen LogP contribution in [0.2, 0.25) is 0 Å². The Morgan fingerprint density at radius 2 is 2.29 bits per heavy atom. The van der Waals surface area contributed by atoms with Gasteiger partial charge in [0.1, 0.15) is 17.6 Å². The molecule has 0 aliphatic carbocycles. The second kappa shape index (κ2) is 8.73. The van der Waals surface area contributed by atoms with Crippen LogP contribution >= 0.6 is 0 Å². The molecule has 1 amide bonds. The highest BCUT2D eigenvalue weighted by Gasteiger charge is 2.21. The third kappa shape index (κ3) is 4.99. The van der Waals surface area contributed by atoms with Crippen molar-refractivity contribution in [2.45, 2.75) is 45.8 Å². The predicted octanol–water partition coefficient (Wildman–Crippen LogP) is 2.96. The number of nitrogens with one attached hydrogen (secondary N) is 1. The van der Waals surface area contributed by atoms with Crippen molar-refractivity contribution in [2.24, 2.45) is 0 Å². The Balaban J connectivity index is 2.07. The summed E-state index contributed by atoms with van der Waals surface area (Å²) in [7, 11) is 1.65. The van der Waals surface area contributed by atoms with Crippen LogP contribution in [0.4, 0.5) is 0 Å². The first-order chi connectivity index (χ1) is 11.5. The Morgan fingerprint density at radius 3 is 3.00 bits per heavy atom. The summed E-state index contributed by atoms with van der Waals surface area (Å²) in [4.78, 5) is 12.0. The summed E-state index contributed by atoms with van der Waals surface area (Å²) in [6, 6.07) is 4.03. The number of ether oxygens (including phenoxy) is 3. The molecule has 0 radical (unpaired) electrons. The second-order valence-electron chi connectivity index (χ2n) is 6.09. The molecule has 0 spiro atoms. The fourth-order valence-electron chi connectivity index (χ4n) is 2.69. The summed E-state index contributed by atoms with van der Waals surface area (Å²) in [6.45, 7) is 7.16. The molecule has 0 saturated carbocycles. The molecular weight excluding hydrogens is 306 g/mol. The van der Waals surface area contributed by atoms with Crippen LogP contribution in [0.5, 0.6) is 11.5 Å². The molecule has 1 N–H and O–H groups in total. The van der Waals surface area contributed by atoms with Crippen LogP contribution < -0.4 is 14.8 Å². The first kappa shape index (κ1) is 18.3. The van der Waals surface area contributed by atoms with Crippen molar-refractivity contribution < 1.29 is 19.0 Å². The quantitative estimate of drug-likeness (QED) is 0.743. The summed E-state index contributed by atoms with van der Waals surface area (Å²) in [5.41, 5.74) is 2.00. The maximum Gasteiger partial charge on any atom is 0.244 e. The Bertz CT molecular complexity index is 597. The highest BCUT2D eigenvalue weighted by atomic mass is 16.5. The van der Waals surface area contributed by atoms with E-state index in [2.05, 4.69) is 5.32 Å². The SMILES string of the molecule is CCOc1cc2c(cc1/C=C/C(=O)NC(C)CCOC)OC(C)C2. The van der Waals surface area contributed by atoms with E-state index in [0.717, 1.165) is 35.5 Å². The molecule has 1 heterocycles. The minimum Gasteiger partial charge on any atom is -0.493 e. The zero-order chi connectivity index (χ0) is 17.5. The smallest absolute Gasteiger partial charge is 0.244 e. The highest BCUT2D eigenvalue weighted by molar-refractivity contribution is 5.92. The molecule has 2 atom stereocenters. The van der Waals surface area contributed by atoms with E-state index >= 15 is 0 Å². The van der Waals surface area contributed by atoms with Gasteiger partial charge in [0.05, 0.1) is 6.61 Å². The summed E-state index contributed by atoms with van der Waals surface area (Å²) in [5.74, 6) is 1.53. The van der Waals surface area contributed by atoms with E-state index in [4.69, 9.17) is 14.2 Å². The average Bonchev–Trinajstić information content (AvgIpc) is 2.90. The van der Waals surface area contributed by atoms with Gasteiger partial charge in [0.15, 0.2) is 0 Å². The highest BCUT2D eigenvalue weighted by Crippen LogP contribution is 2.35. The van der Waals surface area contributed by atoms with Crippen LogP contribution in [0.3, 0.4) is 0 Å². The van der Waals surface area contributed by atoms with Crippen LogP contribution in [0.15, 0.2) is 18.2 Å². The Labute approximate surface area is 144 Å². The fourth-order valence-corrected chi connectivity index (χ4v) is 2.69. The predicted molar refractivity (Wildman–Crippen MR) is 94.5 cm³/mol. The topological polar surface area (TPSA) is 56.8 Å². The minimum absolute atomic E-state index is 0.0673. The molecule has 0 saturated heterocycles. The van der Waals surface area contributed by atoms with Crippen molar-refractivity contribution in [1.82, 2.24) is 5.32 Å². The normalized spacial score (nSPS) is 17.4. The number of fused-ring (bicyclic) bond motifs is 1. The number of carbonyl (C=O) groups is 1. The standard InChI is InChI=1S/C19H27NO4/c1-5-23-17-12-16-10-14(3)24-18(16)11-15(17)6-7-19(21)20-13(2)8-9-22-4/h6-7,11-14H,5,8-10H2,1-4H3,(H,20,21)/b7-6+. The summed E-state index contributed by atoms with van der Waals surface area (Å²) in [6.07, 6.45) is 5.16. The van der Waals surface area contributed by atoms with Gasteiger partial charge in [-0.1, -0.05) is 0 Å². The molecule has 1 aliphatic heterocycles. The van der Waals surface area contributed by atoms with E-state index in [-0.39, 0.29) is 18.1 Å². The zero-order valence-corrected chi connectivity index (χ0v) is 14.9. The lowest BCUT2D eigenvalue weighted by atomic mass is 10.1. The summed E-state index contributed by atoms with van der Waals surface area (Å²) >= 11 is 0. The van der Waals surface area contributed by atoms with Crippen LogP contribution in [-0.2, 0) is 16.0 Å². The van der Waals surface area contributed by atoms with Crippen molar-refractivity contribution in [2.75, 3.05) is 20.3 Å². The van der Waals surface area contributed by atoms with Gasteiger partial charge in [0.2, 0.25) is 5.91 Å². The van der Waals surface area contributed by atoms with Crippen molar-refractivity contribution in [1.29, 1.82) is 0 Å². The summed E-state index contributed by atoms with van der Waals surface area (Å²) < 4.78 is 16.5. The van der Waals surface area contributed by atoms with Gasteiger partial charge in [-0.05, 0) is 45.4 Å².